The molecule has 0 unspecified atom stereocenters. The number of hydrogen-bond acceptors (Lipinski definition) is 6. The van der Waals surface area contributed by atoms with Crippen molar-refractivity contribution in [3.05, 3.63) is 42.5 Å². The van der Waals surface area contributed by atoms with E-state index in [9.17, 15) is 4.79 Å². The van der Waals surface area contributed by atoms with E-state index in [1.54, 1.807) is 31.5 Å². The van der Waals surface area contributed by atoms with Gasteiger partial charge in [-0.05, 0) is 50.4 Å². The van der Waals surface area contributed by atoms with Gasteiger partial charge in [0.05, 0.1) is 6.54 Å². The minimum absolute atomic E-state index is 0.171. The van der Waals surface area contributed by atoms with Crippen LogP contribution in [-0.2, 0) is 11.2 Å². The van der Waals surface area contributed by atoms with Crippen molar-refractivity contribution in [3.8, 4) is 0 Å². The van der Waals surface area contributed by atoms with Gasteiger partial charge in [0.1, 0.15) is 18.0 Å². The average molecular weight is 354 g/mol. The van der Waals surface area contributed by atoms with Crippen molar-refractivity contribution in [2.24, 2.45) is 5.92 Å². The Morgan fingerprint density at radius 3 is 2.69 bits per heavy atom. The van der Waals surface area contributed by atoms with Crippen molar-refractivity contribution in [3.63, 3.8) is 0 Å². The number of aromatic nitrogens is 3. The number of nitrogens with zero attached hydrogens (tertiary/aromatic N) is 5. The largest absolute Gasteiger partial charge is 0.348 e. The molecule has 1 amide bonds. The second-order valence-corrected chi connectivity index (χ2v) is 6.95. The van der Waals surface area contributed by atoms with Crippen molar-refractivity contribution < 1.29 is 4.79 Å². The molecule has 1 aliphatic rings. The first-order chi connectivity index (χ1) is 12.6. The topological polar surface area (TPSA) is 74.2 Å². The number of likely N-dealkylation sites (tertiary alicyclic amines) is 1. The number of carbonyl (C=O) groups is 1. The van der Waals surface area contributed by atoms with Gasteiger partial charge in [0, 0.05) is 32.1 Å². The Kier molecular flexibility index (Phi) is 6.12. The summed E-state index contributed by atoms with van der Waals surface area (Å²) in [5, 5.41) is 3.21. The highest BCUT2D eigenvalue weighted by Crippen LogP contribution is 2.22. The maximum absolute atomic E-state index is 11.8. The molecule has 1 N–H and O–H groups in total. The van der Waals surface area contributed by atoms with Crippen LogP contribution in [0.5, 0.6) is 0 Å². The van der Waals surface area contributed by atoms with Crippen LogP contribution < -0.4 is 5.32 Å². The molecule has 0 saturated carbocycles. The van der Waals surface area contributed by atoms with Gasteiger partial charge in [0.15, 0.2) is 0 Å². The lowest BCUT2D eigenvalue weighted by Gasteiger charge is -2.32. The van der Waals surface area contributed by atoms with Crippen LogP contribution in [0, 0.1) is 5.92 Å². The molecule has 7 heteroatoms. The standard InChI is InChI=1S/C19H26N6O/c1-24(2)19(26)13-25-9-6-15(7-10-25)11-16-12-18(22-14-21-16)23-17-5-3-4-8-20-17/h3-5,8,12,14-15H,6-7,9-11,13H2,1-2H3,(H,20,21,22,23). The number of anilines is 2. The van der Waals surface area contributed by atoms with Crippen molar-refractivity contribution in [1.82, 2.24) is 24.8 Å². The summed E-state index contributed by atoms with van der Waals surface area (Å²) in [5.74, 6) is 2.31. The molecule has 1 aliphatic heterocycles. The van der Waals surface area contributed by atoms with Gasteiger partial charge in [0.2, 0.25) is 5.91 Å². The molecule has 0 aromatic carbocycles. The lowest BCUT2D eigenvalue weighted by atomic mass is 9.92. The first-order valence-corrected chi connectivity index (χ1v) is 9.01. The van der Waals surface area contributed by atoms with Crippen LogP contribution in [0.2, 0.25) is 0 Å². The van der Waals surface area contributed by atoms with Gasteiger partial charge in [-0.2, -0.15) is 0 Å². The third-order valence-corrected chi connectivity index (χ3v) is 4.71. The summed E-state index contributed by atoms with van der Waals surface area (Å²) >= 11 is 0. The van der Waals surface area contributed by atoms with Gasteiger partial charge < -0.3 is 10.2 Å². The Bertz CT molecular complexity index is 713. The third-order valence-electron chi connectivity index (χ3n) is 4.71. The Morgan fingerprint density at radius 1 is 1.19 bits per heavy atom. The van der Waals surface area contributed by atoms with E-state index in [1.165, 1.54) is 0 Å². The van der Waals surface area contributed by atoms with Crippen LogP contribution in [0.4, 0.5) is 11.6 Å². The van der Waals surface area contributed by atoms with Gasteiger partial charge in [-0.3, -0.25) is 9.69 Å². The highest BCUT2D eigenvalue weighted by atomic mass is 16.2. The summed E-state index contributed by atoms with van der Waals surface area (Å²) in [6.07, 6.45) is 6.47. The summed E-state index contributed by atoms with van der Waals surface area (Å²) in [4.78, 5) is 28.7. The van der Waals surface area contributed by atoms with Crippen molar-refractivity contribution in [2.75, 3.05) is 39.0 Å². The Balaban J connectivity index is 1.51. The van der Waals surface area contributed by atoms with Crippen LogP contribution >= 0.6 is 0 Å². The van der Waals surface area contributed by atoms with Gasteiger partial charge in [0.25, 0.3) is 0 Å². The Morgan fingerprint density at radius 2 is 2.00 bits per heavy atom. The maximum Gasteiger partial charge on any atom is 0.236 e. The molecule has 0 atom stereocenters. The van der Waals surface area contributed by atoms with E-state index in [0.29, 0.717) is 12.5 Å². The molecule has 1 saturated heterocycles. The summed E-state index contributed by atoms with van der Waals surface area (Å²) in [6.45, 7) is 2.45. The molecule has 3 rings (SSSR count). The van der Waals surface area contributed by atoms with Crippen LogP contribution in [0.3, 0.4) is 0 Å². The second-order valence-electron chi connectivity index (χ2n) is 6.95. The molecule has 1 fully saturated rings. The minimum atomic E-state index is 0.171. The lowest BCUT2D eigenvalue weighted by molar-refractivity contribution is -0.130. The van der Waals surface area contributed by atoms with E-state index in [4.69, 9.17) is 0 Å². The molecular weight excluding hydrogens is 328 g/mol. The fourth-order valence-electron chi connectivity index (χ4n) is 3.12. The smallest absolute Gasteiger partial charge is 0.236 e. The number of hydrogen-bond donors (Lipinski definition) is 1. The molecule has 2 aromatic heterocycles. The van der Waals surface area contributed by atoms with E-state index in [1.807, 2.05) is 24.3 Å². The quantitative estimate of drug-likeness (QED) is 0.855. The molecule has 3 heterocycles. The number of carbonyl (C=O) groups excluding carboxylic acids is 1. The Labute approximate surface area is 154 Å². The van der Waals surface area contributed by atoms with E-state index in [0.717, 1.165) is 49.7 Å². The molecule has 2 aromatic rings. The molecule has 0 bridgehead atoms. The zero-order valence-electron chi connectivity index (χ0n) is 15.4. The SMILES string of the molecule is CN(C)C(=O)CN1CCC(Cc2cc(Nc3ccccn3)ncn2)CC1. The summed E-state index contributed by atoms with van der Waals surface area (Å²) in [7, 11) is 3.61. The number of likely N-dealkylation sites (N-methyl/N-ethyl adjacent to an activating group) is 1. The molecule has 0 radical (unpaired) electrons. The van der Waals surface area contributed by atoms with Gasteiger partial charge in [-0.15, -0.1) is 0 Å². The van der Waals surface area contributed by atoms with E-state index < -0.39 is 0 Å². The van der Waals surface area contributed by atoms with Crippen molar-refractivity contribution in [2.45, 2.75) is 19.3 Å². The summed E-state index contributed by atoms with van der Waals surface area (Å²) in [6, 6.07) is 7.73. The summed E-state index contributed by atoms with van der Waals surface area (Å²) in [5.41, 5.74) is 1.04. The third kappa shape index (κ3) is 5.23. The number of pyridine rings is 1. The molecule has 7 nitrogen and oxygen atoms in total. The van der Waals surface area contributed by atoms with Gasteiger partial charge in [-0.25, -0.2) is 15.0 Å². The number of nitrogens with one attached hydrogen (secondary N) is 1. The number of rotatable bonds is 6. The van der Waals surface area contributed by atoms with Crippen LogP contribution in [0.1, 0.15) is 18.5 Å². The molecule has 26 heavy (non-hydrogen) atoms. The highest BCUT2D eigenvalue weighted by molar-refractivity contribution is 5.77. The summed E-state index contributed by atoms with van der Waals surface area (Å²) < 4.78 is 0. The molecule has 138 valence electrons. The zero-order chi connectivity index (χ0) is 18.4. The van der Waals surface area contributed by atoms with Crippen molar-refractivity contribution in [1.29, 1.82) is 0 Å². The minimum Gasteiger partial charge on any atom is -0.348 e. The fraction of sp³-hybridized carbons (Fsp3) is 0.474. The van der Waals surface area contributed by atoms with Crippen LogP contribution in [-0.4, -0.2) is 64.4 Å². The maximum atomic E-state index is 11.8. The van der Waals surface area contributed by atoms with E-state index >= 15 is 0 Å². The normalized spacial score (nSPS) is 15.6. The predicted molar refractivity (Wildman–Crippen MR) is 101 cm³/mol. The second kappa shape index (κ2) is 8.71. The van der Waals surface area contributed by atoms with E-state index in [-0.39, 0.29) is 5.91 Å². The van der Waals surface area contributed by atoms with Crippen LogP contribution in [0.25, 0.3) is 0 Å². The Hall–Kier alpha value is -2.54. The monoisotopic (exact) mass is 354 g/mol. The number of amides is 1. The molecular formula is C19H26N6O. The first-order valence-electron chi connectivity index (χ1n) is 9.01. The van der Waals surface area contributed by atoms with Gasteiger partial charge in [-0.1, -0.05) is 6.07 Å². The van der Waals surface area contributed by atoms with E-state index in [2.05, 4.69) is 25.2 Å². The molecule has 0 spiro atoms. The molecule has 0 aliphatic carbocycles. The van der Waals surface area contributed by atoms with Crippen molar-refractivity contribution >= 4 is 17.5 Å². The highest BCUT2D eigenvalue weighted by Gasteiger charge is 2.22. The van der Waals surface area contributed by atoms with Crippen LogP contribution in [0.15, 0.2) is 36.8 Å². The predicted octanol–water partition coefficient (Wildman–Crippen LogP) is 1.96. The van der Waals surface area contributed by atoms with Gasteiger partial charge >= 0.3 is 0 Å². The first kappa shape index (κ1) is 18.3. The average Bonchev–Trinajstić information content (AvgIpc) is 2.64. The fourth-order valence-corrected chi connectivity index (χ4v) is 3.12. The number of piperidine rings is 1. The lowest BCUT2D eigenvalue weighted by Crippen LogP contribution is -2.41. The zero-order valence-corrected chi connectivity index (χ0v) is 15.4.